The van der Waals surface area contributed by atoms with Crippen molar-refractivity contribution in [3.63, 3.8) is 0 Å². The highest BCUT2D eigenvalue weighted by molar-refractivity contribution is 7.89. The van der Waals surface area contributed by atoms with E-state index in [-0.39, 0.29) is 18.0 Å². The van der Waals surface area contributed by atoms with E-state index in [1.54, 1.807) is 0 Å². The molecule has 1 saturated heterocycles. The molecule has 8 nitrogen and oxygen atoms in total. The van der Waals surface area contributed by atoms with Gasteiger partial charge in [0.05, 0.1) is 6.54 Å². The van der Waals surface area contributed by atoms with Gasteiger partial charge in [0.25, 0.3) is 0 Å². The van der Waals surface area contributed by atoms with Gasteiger partial charge in [-0.2, -0.15) is 4.31 Å². The summed E-state index contributed by atoms with van der Waals surface area (Å²) in [6.45, 7) is 1.66. The highest BCUT2D eigenvalue weighted by Crippen LogP contribution is 2.14. The first-order chi connectivity index (χ1) is 9.91. The van der Waals surface area contributed by atoms with Crippen LogP contribution in [0.1, 0.15) is 6.42 Å². The predicted molar refractivity (Wildman–Crippen MR) is 76.1 cm³/mol. The maximum absolute atomic E-state index is 12.5. The van der Waals surface area contributed by atoms with Crippen molar-refractivity contribution in [2.75, 3.05) is 32.7 Å². The van der Waals surface area contributed by atoms with E-state index in [2.05, 4.69) is 4.98 Å². The van der Waals surface area contributed by atoms with Crippen molar-refractivity contribution in [1.82, 2.24) is 14.2 Å². The SMILES string of the molecule is NC(=O)CN1CCCN(S(=O)(=O)c2c[nH]ccc2=O)CC1. The lowest BCUT2D eigenvalue weighted by Gasteiger charge is -2.20. The lowest BCUT2D eigenvalue weighted by atomic mass is 10.4. The number of nitrogens with zero attached hydrogens (tertiary/aromatic N) is 2. The number of carbonyl (C=O) groups excluding carboxylic acids is 1. The minimum Gasteiger partial charge on any atom is -0.369 e. The number of rotatable bonds is 4. The molecule has 0 saturated carbocycles. The molecular weight excluding hydrogens is 296 g/mol. The Bertz CT molecular complexity index is 670. The minimum absolute atomic E-state index is 0.111. The van der Waals surface area contributed by atoms with Gasteiger partial charge < -0.3 is 10.7 Å². The number of nitrogens with one attached hydrogen (secondary N) is 1. The third-order valence-corrected chi connectivity index (χ3v) is 5.25. The van der Waals surface area contributed by atoms with E-state index >= 15 is 0 Å². The molecule has 0 bridgehead atoms. The zero-order chi connectivity index (χ0) is 15.5. The number of aromatic amines is 1. The van der Waals surface area contributed by atoms with E-state index < -0.39 is 21.4 Å². The number of amides is 1. The van der Waals surface area contributed by atoms with Gasteiger partial charge in [-0.1, -0.05) is 0 Å². The molecule has 2 rings (SSSR count). The first kappa shape index (κ1) is 15.7. The second-order valence-corrected chi connectivity index (χ2v) is 6.78. The Kier molecular flexibility index (Phi) is 4.76. The number of hydrogen-bond donors (Lipinski definition) is 2. The van der Waals surface area contributed by atoms with Crippen molar-refractivity contribution in [2.45, 2.75) is 11.3 Å². The van der Waals surface area contributed by atoms with Crippen LogP contribution < -0.4 is 11.2 Å². The molecule has 0 aliphatic carbocycles. The van der Waals surface area contributed by atoms with Gasteiger partial charge in [-0.25, -0.2) is 8.42 Å². The Labute approximate surface area is 122 Å². The maximum atomic E-state index is 12.5. The summed E-state index contributed by atoms with van der Waals surface area (Å²) in [6.07, 6.45) is 3.17. The molecule has 9 heteroatoms. The average Bonchev–Trinajstić information content (AvgIpc) is 2.64. The van der Waals surface area contributed by atoms with Crippen LogP contribution in [0, 0.1) is 0 Å². The number of H-pyrrole nitrogens is 1. The van der Waals surface area contributed by atoms with Crippen LogP contribution in [-0.2, 0) is 14.8 Å². The van der Waals surface area contributed by atoms with Gasteiger partial charge in [0.2, 0.25) is 21.4 Å². The van der Waals surface area contributed by atoms with Gasteiger partial charge in [0.1, 0.15) is 4.90 Å². The Balaban J connectivity index is 2.17. The molecule has 1 amide bonds. The van der Waals surface area contributed by atoms with E-state index in [0.29, 0.717) is 26.1 Å². The Hall–Kier alpha value is -1.71. The number of primary amides is 1. The van der Waals surface area contributed by atoms with Crippen molar-refractivity contribution in [1.29, 1.82) is 0 Å². The Morgan fingerprint density at radius 1 is 1.29 bits per heavy atom. The standard InChI is InChI=1S/C12H18N4O4S/c13-12(18)9-15-4-1-5-16(7-6-15)21(19,20)11-8-14-3-2-10(11)17/h2-3,8H,1,4-7,9H2,(H2,13,18)(H,14,17). The van der Waals surface area contributed by atoms with E-state index in [0.717, 1.165) is 0 Å². The first-order valence-corrected chi connectivity index (χ1v) is 8.03. The van der Waals surface area contributed by atoms with Gasteiger partial charge in [-0.15, -0.1) is 0 Å². The molecule has 1 aromatic heterocycles. The average molecular weight is 314 g/mol. The van der Waals surface area contributed by atoms with Crippen LogP contribution in [0.15, 0.2) is 28.2 Å². The van der Waals surface area contributed by atoms with Gasteiger partial charge in [-0.3, -0.25) is 14.5 Å². The van der Waals surface area contributed by atoms with Crippen LogP contribution in [0.25, 0.3) is 0 Å². The molecule has 0 aromatic carbocycles. The molecule has 1 aromatic rings. The second kappa shape index (κ2) is 6.37. The highest BCUT2D eigenvalue weighted by Gasteiger charge is 2.28. The summed E-state index contributed by atoms with van der Waals surface area (Å²) in [5.41, 5.74) is 4.61. The zero-order valence-electron chi connectivity index (χ0n) is 11.5. The van der Waals surface area contributed by atoms with E-state index in [1.807, 2.05) is 4.90 Å². The van der Waals surface area contributed by atoms with Crippen LogP contribution in [0.5, 0.6) is 0 Å². The summed E-state index contributed by atoms with van der Waals surface area (Å²) in [4.78, 5) is 26.8. The fraction of sp³-hybridized carbons (Fsp3) is 0.500. The third kappa shape index (κ3) is 3.69. The summed E-state index contributed by atoms with van der Waals surface area (Å²) < 4.78 is 26.2. The molecule has 0 radical (unpaired) electrons. The largest absolute Gasteiger partial charge is 0.369 e. The highest BCUT2D eigenvalue weighted by atomic mass is 32.2. The first-order valence-electron chi connectivity index (χ1n) is 6.59. The number of sulfonamides is 1. The second-order valence-electron chi connectivity index (χ2n) is 4.87. The third-order valence-electron chi connectivity index (χ3n) is 3.33. The number of carbonyl (C=O) groups is 1. The quantitative estimate of drug-likeness (QED) is 0.706. The van der Waals surface area contributed by atoms with E-state index in [4.69, 9.17) is 5.73 Å². The molecule has 0 atom stereocenters. The van der Waals surface area contributed by atoms with Gasteiger partial charge >= 0.3 is 0 Å². The van der Waals surface area contributed by atoms with Crippen LogP contribution >= 0.6 is 0 Å². The van der Waals surface area contributed by atoms with E-state index in [1.165, 1.54) is 22.8 Å². The molecule has 3 N–H and O–H groups in total. The predicted octanol–water partition coefficient (Wildman–Crippen LogP) is -1.44. The number of aromatic nitrogens is 1. The molecule has 116 valence electrons. The fourth-order valence-corrected chi connectivity index (χ4v) is 3.82. The normalized spacial score (nSPS) is 18.3. The summed E-state index contributed by atoms with van der Waals surface area (Å²) in [5.74, 6) is -0.439. The lowest BCUT2D eigenvalue weighted by Crippen LogP contribution is -2.39. The number of pyridine rings is 1. The van der Waals surface area contributed by atoms with Crippen molar-refractivity contribution in [3.05, 3.63) is 28.7 Å². The lowest BCUT2D eigenvalue weighted by molar-refractivity contribution is -0.119. The topological polar surface area (TPSA) is 117 Å². The van der Waals surface area contributed by atoms with Crippen molar-refractivity contribution in [2.24, 2.45) is 5.73 Å². The summed E-state index contributed by atoms with van der Waals surface area (Å²) in [6, 6.07) is 1.18. The van der Waals surface area contributed by atoms with Crippen LogP contribution in [0.2, 0.25) is 0 Å². The molecule has 0 spiro atoms. The summed E-state index contributed by atoms with van der Waals surface area (Å²) in [7, 11) is -3.82. The Morgan fingerprint density at radius 2 is 2.05 bits per heavy atom. The van der Waals surface area contributed by atoms with E-state index in [9.17, 15) is 18.0 Å². The monoisotopic (exact) mass is 314 g/mol. The van der Waals surface area contributed by atoms with Crippen molar-refractivity contribution in [3.8, 4) is 0 Å². The molecule has 21 heavy (non-hydrogen) atoms. The van der Waals surface area contributed by atoms with Gasteiger partial charge in [-0.05, 0) is 13.0 Å². The van der Waals surface area contributed by atoms with Crippen molar-refractivity contribution < 1.29 is 13.2 Å². The molecule has 1 aliphatic rings. The molecule has 1 aliphatic heterocycles. The zero-order valence-corrected chi connectivity index (χ0v) is 12.3. The maximum Gasteiger partial charge on any atom is 0.248 e. The van der Waals surface area contributed by atoms with Crippen LogP contribution in [0.4, 0.5) is 0 Å². The molecule has 2 heterocycles. The Morgan fingerprint density at radius 3 is 2.71 bits per heavy atom. The fourth-order valence-electron chi connectivity index (χ4n) is 2.31. The van der Waals surface area contributed by atoms with Gasteiger partial charge in [0, 0.05) is 38.1 Å². The number of nitrogens with two attached hydrogens (primary N) is 1. The van der Waals surface area contributed by atoms with Crippen molar-refractivity contribution >= 4 is 15.9 Å². The number of hydrogen-bond acceptors (Lipinski definition) is 5. The summed E-state index contributed by atoms with van der Waals surface area (Å²) in [5, 5.41) is 0. The molecular formula is C12H18N4O4S. The minimum atomic E-state index is -3.82. The molecule has 0 unspecified atom stereocenters. The summed E-state index contributed by atoms with van der Waals surface area (Å²) >= 11 is 0. The molecule has 1 fully saturated rings. The smallest absolute Gasteiger partial charge is 0.248 e. The van der Waals surface area contributed by atoms with Crippen LogP contribution in [0.3, 0.4) is 0 Å². The van der Waals surface area contributed by atoms with Gasteiger partial charge in [0.15, 0.2) is 0 Å². The van der Waals surface area contributed by atoms with Crippen LogP contribution in [-0.4, -0.2) is 61.2 Å².